The first-order chi connectivity index (χ1) is 6.83. The van der Waals surface area contributed by atoms with E-state index >= 15 is 0 Å². The number of anilines is 1. The average molecular weight is 256 g/mol. The van der Waals surface area contributed by atoms with Crippen molar-refractivity contribution >= 4 is 53.7 Å². The summed E-state index contributed by atoms with van der Waals surface area (Å²) in [5.74, 6) is -0.937. The SMILES string of the molecule is CC(C)(Nc1ccc(Cl)c(Cl)c1)C(=O)O.[LiH]. The third kappa shape index (κ3) is 3.92. The Kier molecular flexibility index (Phi) is 5.71. The number of halogens is 2. The molecule has 0 saturated heterocycles. The number of carboxylic acid groups (broad SMARTS) is 1. The molecule has 16 heavy (non-hydrogen) atoms. The number of carbonyl (C=O) groups is 1. The number of rotatable bonds is 3. The molecule has 0 aliphatic rings. The van der Waals surface area contributed by atoms with E-state index in [4.69, 9.17) is 28.3 Å². The predicted octanol–water partition coefficient (Wildman–Crippen LogP) is 2.62. The zero-order valence-electron chi connectivity index (χ0n) is 8.34. The molecule has 1 rings (SSSR count). The van der Waals surface area contributed by atoms with Crippen molar-refractivity contribution in [3.8, 4) is 0 Å². The van der Waals surface area contributed by atoms with Gasteiger partial charge in [-0.1, -0.05) is 23.2 Å². The number of carboxylic acids is 1. The number of aliphatic carboxylic acids is 1. The number of benzene rings is 1. The van der Waals surface area contributed by atoms with E-state index in [2.05, 4.69) is 5.32 Å². The second-order valence-corrected chi connectivity index (χ2v) is 4.50. The van der Waals surface area contributed by atoms with E-state index < -0.39 is 11.5 Å². The Morgan fingerprint density at radius 2 is 1.88 bits per heavy atom. The quantitative estimate of drug-likeness (QED) is 0.817. The zero-order chi connectivity index (χ0) is 11.6. The molecule has 6 heteroatoms. The van der Waals surface area contributed by atoms with Gasteiger partial charge in [0.1, 0.15) is 5.54 Å². The molecule has 0 amide bonds. The number of hydrogen-bond donors (Lipinski definition) is 2. The van der Waals surface area contributed by atoms with Crippen molar-refractivity contribution in [1.29, 1.82) is 0 Å². The standard InChI is InChI=1S/C10H11Cl2NO2.Li.H/c1-10(2,9(14)15)13-6-3-4-7(11)8(12)5-6;;/h3-5,13H,1-2H3,(H,14,15);;. The van der Waals surface area contributed by atoms with E-state index in [9.17, 15) is 4.79 Å². The molecule has 0 bridgehead atoms. The van der Waals surface area contributed by atoms with Gasteiger partial charge in [-0.2, -0.15) is 0 Å². The summed E-state index contributed by atoms with van der Waals surface area (Å²) in [6, 6.07) is 4.89. The third-order valence-corrected chi connectivity index (χ3v) is 2.65. The van der Waals surface area contributed by atoms with Crippen molar-refractivity contribution in [3.63, 3.8) is 0 Å². The Balaban J connectivity index is 0.00000225. The van der Waals surface area contributed by atoms with E-state index in [-0.39, 0.29) is 18.9 Å². The fourth-order valence-corrected chi connectivity index (χ4v) is 1.29. The molecule has 1 aromatic carbocycles. The van der Waals surface area contributed by atoms with Crippen molar-refractivity contribution in [1.82, 2.24) is 0 Å². The van der Waals surface area contributed by atoms with Crippen LogP contribution in [0, 0.1) is 0 Å². The van der Waals surface area contributed by atoms with Crippen LogP contribution in [0.3, 0.4) is 0 Å². The molecule has 0 unspecified atom stereocenters. The van der Waals surface area contributed by atoms with Crippen LogP contribution in [0.1, 0.15) is 13.8 Å². The zero-order valence-corrected chi connectivity index (χ0v) is 9.86. The summed E-state index contributed by atoms with van der Waals surface area (Å²) in [5.41, 5.74) is -0.422. The summed E-state index contributed by atoms with van der Waals surface area (Å²) in [7, 11) is 0. The Labute approximate surface area is 116 Å². The van der Waals surface area contributed by atoms with Gasteiger partial charge in [-0.15, -0.1) is 0 Å². The molecule has 0 aliphatic heterocycles. The first kappa shape index (κ1) is 15.7. The number of nitrogens with one attached hydrogen (secondary N) is 1. The van der Waals surface area contributed by atoms with Gasteiger partial charge in [0, 0.05) is 5.69 Å². The molecule has 0 spiro atoms. The molecule has 0 atom stereocenters. The molecule has 0 aromatic heterocycles. The van der Waals surface area contributed by atoms with Crippen LogP contribution >= 0.6 is 23.2 Å². The van der Waals surface area contributed by atoms with Crippen LogP contribution in [0.4, 0.5) is 5.69 Å². The van der Waals surface area contributed by atoms with Crippen LogP contribution in [0.5, 0.6) is 0 Å². The van der Waals surface area contributed by atoms with E-state index in [0.29, 0.717) is 15.7 Å². The van der Waals surface area contributed by atoms with E-state index in [1.54, 1.807) is 32.0 Å². The molecule has 0 heterocycles. The maximum absolute atomic E-state index is 10.9. The third-order valence-electron chi connectivity index (χ3n) is 1.91. The normalized spacial score (nSPS) is 10.5. The predicted molar refractivity (Wildman–Crippen MR) is 68.9 cm³/mol. The monoisotopic (exact) mass is 255 g/mol. The van der Waals surface area contributed by atoms with Crippen LogP contribution in [-0.2, 0) is 4.79 Å². The molecule has 0 aliphatic carbocycles. The first-order valence-electron chi connectivity index (χ1n) is 4.29. The van der Waals surface area contributed by atoms with E-state index in [0.717, 1.165) is 0 Å². The number of hydrogen-bond acceptors (Lipinski definition) is 2. The molecule has 0 saturated carbocycles. The van der Waals surface area contributed by atoms with Gasteiger partial charge in [-0.3, -0.25) is 0 Å². The van der Waals surface area contributed by atoms with Gasteiger partial charge >= 0.3 is 24.8 Å². The van der Waals surface area contributed by atoms with Crippen LogP contribution in [0.15, 0.2) is 18.2 Å². The van der Waals surface area contributed by atoms with Crippen LogP contribution in [0.2, 0.25) is 10.0 Å². The Morgan fingerprint density at radius 1 is 1.31 bits per heavy atom. The molecule has 3 nitrogen and oxygen atoms in total. The van der Waals surface area contributed by atoms with Crippen molar-refractivity contribution in [2.45, 2.75) is 19.4 Å². The fourth-order valence-electron chi connectivity index (χ4n) is 0.988. The first-order valence-corrected chi connectivity index (χ1v) is 5.05. The van der Waals surface area contributed by atoms with Gasteiger partial charge in [0.25, 0.3) is 0 Å². The Hall–Kier alpha value is -0.333. The van der Waals surface area contributed by atoms with Gasteiger partial charge in [0.15, 0.2) is 0 Å². The molecular formula is C10H12Cl2LiNO2. The van der Waals surface area contributed by atoms with Gasteiger partial charge in [0.2, 0.25) is 0 Å². The summed E-state index contributed by atoms with van der Waals surface area (Å²) in [6.07, 6.45) is 0. The van der Waals surface area contributed by atoms with Crippen LogP contribution in [0.25, 0.3) is 0 Å². The average Bonchev–Trinajstić information content (AvgIpc) is 2.10. The minimum absolute atomic E-state index is 0. The minimum atomic E-state index is -1.04. The van der Waals surface area contributed by atoms with Gasteiger partial charge in [0.05, 0.1) is 10.0 Å². The van der Waals surface area contributed by atoms with Crippen molar-refractivity contribution < 1.29 is 9.90 Å². The molecular weight excluding hydrogens is 244 g/mol. The second-order valence-electron chi connectivity index (χ2n) is 3.68. The van der Waals surface area contributed by atoms with Gasteiger partial charge < -0.3 is 10.4 Å². The van der Waals surface area contributed by atoms with E-state index in [1.165, 1.54) is 0 Å². The topological polar surface area (TPSA) is 49.3 Å². The molecule has 84 valence electrons. The van der Waals surface area contributed by atoms with Crippen LogP contribution in [-0.4, -0.2) is 35.5 Å². The Morgan fingerprint density at radius 3 is 2.31 bits per heavy atom. The molecule has 0 radical (unpaired) electrons. The summed E-state index contributed by atoms with van der Waals surface area (Å²) >= 11 is 11.5. The van der Waals surface area contributed by atoms with Crippen molar-refractivity contribution in [2.75, 3.05) is 5.32 Å². The summed E-state index contributed by atoms with van der Waals surface area (Å²) in [5, 5.41) is 12.6. The van der Waals surface area contributed by atoms with Crippen molar-refractivity contribution in [3.05, 3.63) is 28.2 Å². The second kappa shape index (κ2) is 5.84. The van der Waals surface area contributed by atoms with E-state index in [1.807, 2.05) is 0 Å². The summed E-state index contributed by atoms with van der Waals surface area (Å²) < 4.78 is 0. The molecule has 1 aromatic rings. The molecule has 0 fully saturated rings. The summed E-state index contributed by atoms with van der Waals surface area (Å²) in [4.78, 5) is 10.9. The van der Waals surface area contributed by atoms with Crippen molar-refractivity contribution in [2.24, 2.45) is 0 Å². The van der Waals surface area contributed by atoms with Gasteiger partial charge in [-0.25, -0.2) is 4.79 Å². The molecule has 2 N–H and O–H groups in total. The van der Waals surface area contributed by atoms with Crippen LogP contribution < -0.4 is 5.32 Å². The maximum atomic E-state index is 10.9. The fraction of sp³-hybridized carbons (Fsp3) is 0.300. The van der Waals surface area contributed by atoms with Gasteiger partial charge in [-0.05, 0) is 32.0 Å². The summed E-state index contributed by atoms with van der Waals surface area (Å²) in [6.45, 7) is 3.13. The Bertz CT molecular complexity index is 396.